The van der Waals surface area contributed by atoms with Gasteiger partial charge in [0.1, 0.15) is 0 Å². The van der Waals surface area contributed by atoms with Crippen LogP contribution in [-0.4, -0.2) is 35.7 Å². The Morgan fingerprint density at radius 3 is 2.59 bits per heavy atom. The number of aliphatic hydroxyl groups is 1. The van der Waals surface area contributed by atoms with E-state index in [1.165, 1.54) is 0 Å². The van der Waals surface area contributed by atoms with Crippen LogP contribution in [0.25, 0.3) is 0 Å². The van der Waals surface area contributed by atoms with Crippen LogP contribution in [0.15, 0.2) is 22.7 Å². The maximum atomic E-state index is 12.2. The molecule has 0 spiro atoms. The largest absolute Gasteiger partial charge is 0.395 e. The Morgan fingerprint density at radius 1 is 1.32 bits per heavy atom. The maximum absolute atomic E-state index is 12.2. The van der Waals surface area contributed by atoms with Crippen LogP contribution in [0.3, 0.4) is 0 Å². The highest BCUT2D eigenvalue weighted by Crippen LogP contribution is 2.26. The Bertz CT molecular complexity index is 501. The van der Waals surface area contributed by atoms with Crippen molar-refractivity contribution < 1.29 is 9.90 Å². The summed E-state index contributed by atoms with van der Waals surface area (Å²) >= 11 is 3.40. The van der Waals surface area contributed by atoms with Crippen molar-refractivity contribution in [1.82, 2.24) is 5.32 Å². The van der Waals surface area contributed by atoms with Gasteiger partial charge in [0.05, 0.1) is 18.0 Å². The van der Waals surface area contributed by atoms with Gasteiger partial charge in [-0.2, -0.15) is 0 Å². The van der Waals surface area contributed by atoms with Crippen molar-refractivity contribution in [1.29, 1.82) is 0 Å². The van der Waals surface area contributed by atoms with Gasteiger partial charge in [0.2, 0.25) is 5.91 Å². The Hall–Kier alpha value is -1.11. The third-order valence-corrected chi connectivity index (χ3v) is 3.35. The molecule has 124 valence electrons. The molecule has 0 bridgehead atoms. The molecule has 1 unspecified atom stereocenters. The van der Waals surface area contributed by atoms with E-state index in [1.54, 1.807) is 0 Å². The number of hydrogen-bond acceptors (Lipinski definition) is 4. The minimum absolute atomic E-state index is 0.0245. The summed E-state index contributed by atoms with van der Waals surface area (Å²) in [6.45, 7) is 8.70. The lowest BCUT2D eigenvalue weighted by Crippen LogP contribution is -2.43. The number of carbonyl (C=O) groups excluding carboxylic acids is 1. The average molecular weight is 372 g/mol. The fourth-order valence-electron chi connectivity index (χ4n) is 2.23. The van der Waals surface area contributed by atoms with E-state index in [9.17, 15) is 4.79 Å². The van der Waals surface area contributed by atoms with Crippen LogP contribution in [0.5, 0.6) is 0 Å². The summed E-state index contributed by atoms with van der Waals surface area (Å²) in [6.07, 6.45) is 0.392. The number of benzene rings is 1. The molecule has 0 saturated carbocycles. The zero-order chi connectivity index (χ0) is 16.8. The number of carbonyl (C=O) groups is 1. The van der Waals surface area contributed by atoms with Crippen molar-refractivity contribution >= 4 is 33.2 Å². The molecule has 0 radical (unpaired) electrons. The highest BCUT2D eigenvalue weighted by Gasteiger charge is 2.17. The third kappa shape index (κ3) is 7.24. The molecule has 1 aromatic carbocycles. The van der Waals surface area contributed by atoms with Gasteiger partial charge >= 0.3 is 0 Å². The quantitative estimate of drug-likeness (QED) is 0.594. The average Bonchev–Trinajstić information content (AvgIpc) is 2.35. The molecule has 5 nitrogen and oxygen atoms in total. The van der Waals surface area contributed by atoms with Crippen LogP contribution in [0, 0.1) is 0 Å². The first-order valence-electron chi connectivity index (χ1n) is 7.43. The first-order valence-corrected chi connectivity index (χ1v) is 8.22. The van der Waals surface area contributed by atoms with Crippen molar-refractivity contribution in [3.8, 4) is 0 Å². The van der Waals surface area contributed by atoms with Crippen LogP contribution in [-0.2, 0) is 4.79 Å². The van der Waals surface area contributed by atoms with E-state index < -0.39 is 0 Å². The molecular weight excluding hydrogens is 346 g/mol. The number of nitrogens with one attached hydrogen (secondary N) is 3. The molecule has 1 amide bonds. The van der Waals surface area contributed by atoms with E-state index in [2.05, 4.69) is 52.7 Å². The monoisotopic (exact) mass is 371 g/mol. The van der Waals surface area contributed by atoms with Gasteiger partial charge < -0.3 is 21.1 Å². The first kappa shape index (κ1) is 18.9. The summed E-state index contributed by atoms with van der Waals surface area (Å²) in [5.74, 6) is -0.0469. The van der Waals surface area contributed by atoms with Crippen LogP contribution in [0.1, 0.15) is 34.1 Å². The maximum Gasteiger partial charge on any atom is 0.225 e. The fraction of sp³-hybridized carbons (Fsp3) is 0.562. The number of anilines is 2. The first-order chi connectivity index (χ1) is 10.2. The summed E-state index contributed by atoms with van der Waals surface area (Å²) in [7, 11) is 0. The topological polar surface area (TPSA) is 73.4 Å². The van der Waals surface area contributed by atoms with E-state index in [-0.39, 0.29) is 24.1 Å². The second-order valence-electron chi connectivity index (χ2n) is 6.39. The zero-order valence-corrected chi connectivity index (χ0v) is 15.3. The van der Waals surface area contributed by atoms with Gasteiger partial charge in [-0.1, -0.05) is 15.9 Å². The van der Waals surface area contributed by atoms with Crippen molar-refractivity contribution in [3.05, 3.63) is 22.7 Å². The van der Waals surface area contributed by atoms with Crippen molar-refractivity contribution in [2.45, 2.75) is 45.7 Å². The highest BCUT2D eigenvalue weighted by molar-refractivity contribution is 9.10. The van der Waals surface area contributed by atoms with Crippen LogP contribution < -0.4 is 16.0 Å². The van der Waals surface area contributed by atoms with Gasteiger partial charge in [-0.15, -0.1) is 0 Å². The predicted octanol–water partition coefficient (Wildman–Crippen LogP) is 2.96. The molecule has 1 aromatic rings. The third-order valence-electron chi connectivity index (χ3n) is 2.85. The highest BCUT2D eigenvalue weighted by atomic mass is 79.9. The normalized spacial score (nSPS) is 12.8. The second-order valence-corrected chi connectivity index (χ2v) is 7.30. The van der Waals surface area contributed by atoms with Crippen molar-refractivity contribution in [2.75, 3.05) is 23.8 Å². The van der Waals surface area contributed by atoms with E-state index in [0.717, 1.165) is 10.2 Å². The van der Waals surface area contributed by atoms with Crippen LogP contribution >= 0.6 is 15.9 Å². The molecule has 0 aliphatic rings. The van der Waals surface area contributed by atoms with Crippen LogP contribution in [0.2, 0.25) is 0 Å². The van der Waals surface area contributed by atoms with E-state index in [4.69, 9.17) is 5.11 Å². The minimum atomic E-state index is -0.0469. The minimum Gasteiger partial charge on any atom is -0.395 e. The Balaban J connectivity index is 2.68. The van der Waals surface area contributed by atoms with Crippen molar-refractivity contribution in [2.24, 2.45) is 0 Å². The summed E-state index contributed by atoms with van der Waals surface area (Å²) in [5, 5.41) is 18.3. The van der Waals surface area contributed by atoms with E-state index >= 15 is 0 Å². The van der Waals surface area contributed by atoms with E-state index in [1.807, 2.05) is 25.1 Å². The number of amides is 1. The Kier molecular flexibility index (Phi) is 7.32. The Morgan fingerprint density at radius 2 is 2.00 bits per heavy atom. The van der Waals surface area contributed by atoms with Gasteiger partial charge in [0, 0.05) is 29.0 Å². The molecule has 22 heavy (non-hydrogen) atoms. The van der Waals surface area contributed by atoms with Gasteiger partial charge in [-0.25, -0.2) is 0 Å². The smallest absolute Gasteiger partial charge is 0.225 e. The SMILES string of the molecule is CC(CC(=O)Nc1cc(Br)ccc1NCCO)NC(C)(C)C. The summed E-state index contributed by atoms with van der Waals surface area (Å²) in [5.41, 5.74) is 1.47. The molecule has 4 N–H and O–H groups in total. The summed E-state index contributed by atoms with van der Waals surface area (Å²) in [6, 6.07) is 5.69. The second kappa shape index (κ2) is 8.50. The van der Waals surface area contributed by atoms with Gasteiger partial charge in [-0.05, 0) is 45.9 Å². The Labute approximate surface area is 141 Å². The molecule has 0 aliphatic carbocycles. The molecule has 0 saturated heterocycles. The summed E-state index contributed by atoms with van der Waals surface area (Å²) in [4.78, 5) is 12.2. The lowest BCUT2D eigenvalue weighted by Gasteiger charge is -2.25. The number of halogens is 1. The molecule has 0 fully saturated rings. The van der Waals surface area contributed by atoms with Gasteiger partial charge in [-0.3, -0.25) is 4.79 Å². The van der Waals surface area contributed by atoms with E-state index in [0.29, 0.717) is 18.7 Å². The van der Waals surface area contributed by atoms with Crippen molar-refractivity contribution in [3.63, 3.8) is 0 Å². The van der Waals surface area contributed by atoms with Gasteiger partial charge in [0.15, 0.2) is 0 Å². The predicted molar refractivity (Wildman–Crippen MR) is 95.3 cm³/mol. The zero-order valence-electron chi connectivity index (χ0n) is 13.7. The fourth-order valence-corrected chi connectivity index (χ4v) is 2.60. The summed E-state index contributed by atoms with van der Waals surface area (Å²) < 4.78 is 0.887. The molecule has 0 heterocycles. The van der Waals surface area contributed by atoms with Gasteiger partial charge in [0.25, 0.3) is 0 Å². The molecule has 1 rings (SSSR count). The number of hydrogen-bond donors (Lipinski definition) is 4. The molecule has 6 heteroatoms. The standard InChI is InChI=1S/C16H26BrN3O2/c1-11(20-16(2,3)4)9-15(22)19-14-10-12(17)5-6-13(14)18-7-8-21/h5-6,10-11,18,20-21H,7-9H2,1-4H3,(H,19,22). The number of aliphatic hydroxyl groups excluding tert-OH is 1. The molecule has 0 aliphatic heterocycles. The van der Waals surface area contributed by atoms with Crippen LogP contribution in [0.4, 0.5) is 11.4 Å². The lowest BCUT2D eigenvalue weighted by atomic mass is 10.1. The molecular formula is C16H26BrN3O2. The number of rotatable bonds is 7. The lowest BCUT2D eigenvalue weighted by molar-refractivity contribution is -0.116. The molecule has 1 atom stereocenters. The molecule has 0 aromatic heterocycles.